The third-order valence-corrected chi connectivity index (χ3v) is 8.83. The minimum Gasteiger partial charge on any atom is -0.490 e. The fraction of sp³-hybridized carbons (Fsp3) is 0.394. The summed E-state index contributed by atoms with van der Waals surface area (Å²) in [6, 6.07) is 16.8. The van der Waals surface area contributed by atoms with Gasteiger partial charge in [-0.25, -0.2) is 9.67 Å². The smallest absolute Gasteiger partial charge is 0.255 e. The highest BCUT2D eigenvalue weighted by Crippen LogP contribution is 2.38. The number of rotatable bonds is 7. The van der Waals surface area contributed by atoms with Gasteiger partial charge in [-0.05, 0) is 82.0 Å². The largest absolute Gasteiger partial charge is 0.490 e. The highest BCUT2D eigenvalue weighted by atomic mass is 16.5. The molecule has 2 aliphatic heterocycles. The Balaban J connectivity index is 1.14. The van der Waals surface area contributed by atoms with Gasteiger partial charge < -0.3 is 25.4 Å². The number of pyridine rings is 1. The van der Waals surface area contributed by atoms with E-state index in [2.05, 4.69) is 17.2 Å². The van der Waals surface area contributed by atoms with Gasteiger partial charge in [-0.15, -0.1) is 0 Å². The summed E-state index contributed by atoms with van der Waals surface area (Å²) in [5, 5.41) is 8.94. The monoisotopic (exact) mass is 580 g/mol. The topological polar surface area (TPSA) is 125 Å². The van der Waals surface area contributed by atoms with Crippen LogP contribution in [0.5, 0.6) is 5.75 Å². The molecule has 1 saturated carbocycles. The third kappa shape index (κ3) is 5.20. The maximum Gasteiger partial charge on any atom is 0.255 e. The van der Waals surface area contributed by atoms with Crippen LogP contribution in [0.25, 0.3) is 16.6 Å². The van der Waals surface area contributed by atoms with Gasteiger partial charge in [0.25, 0.3) is 5.91 Å². The zero-order chi connectivity index (χ0) is 29.7. The molecular formula is C33H36N6O4. The molecule has 2 aromatic carbocycles. The number of anilines is 2. The first-order valence-electron chi connectivity index (χ1n) is 15.0. The van der Waals surface area contributed by atoms with Crippen molar-refractivity contribution in [2.45, 2.75) is 57.6 Å². The molecule has 43 heavy (non-hydrogen) atoms. The lowest BCUT2D eigenvalue weighted by Crippen LogP contribution is -2.57. The highest BCUT2D eigenvalue weighted by Gasteiger charge is 2.46. The van der Waals surface area contributed by atoms with E-state index in [0.717, 1.165) is 53.7 Å². The van der Waals surface area contributed by atoms with Crippen molar-refractivity contribution in [1.29, 1.82) is 0 Å². The lowest BCUT2D eigenvalue weighted by molar-refractivity contribution is -0.172. The normalized spacial score (nSPS) is 21.3. The molecular weight excluding hydrogens is 544 g/mol. The van der Waals surface area contributed by atoms with E-state index >= 15 is 0 Å². The molecule has 10 nitrogen and oxygen atoms in total. The second kappa shape index (κ2) is 10.7. The summed E-state index contributed by atoms with van der Waals surface area (Å²) in [7, 11) is 0. The number of nitrogen functional groups attached to an aromatic ring is 1. The lowest BCUT2D eigenvalue weighted by Gasteiger charge is -2.45. The fourth-order valence-electron chi connectivity index (χ4n) is 6.07. The summed E-state index contributed by atoms with van der Waals surface area (Å²) < 4.78 is 13.0. The number of nitrogens with zero attached hydrogens (tertiary/aromatic N) is 4. The van der Waals surface area contributed by atoms with E-state index in [1.54, 1.807) is 23.0 Å². The summed E-state index contributed by atoms with van der Waals surface area (Å²) >= 11 is 0. The van der Waals surface area contributed by atoms with Crippen molar-refractivity contribution < 1.29 is 19.1 Å². The molecule has 2 saturated heterocycles. The average molecular weight is 581 g/mol. The molecule has 1 aliphatic carbocycles. The summed E-state index contributed by atoms with van der Waals surface area (Å²) in [4.78, 5) is 32.8. The van der Waals surface area contributed by atoms with Gasteiger partial charge in [0.1, 0.15) is 17.1 Å². The van der Waals surface area contributed by atoms with Crippen LogP contribution in [0, 0.1) is 5.41 Å². The SMILES string of the molecule is C[C@H]1CC[C@@H](c2nn(-c3ccc(C(=O)Nc4cccc(OC5CC5)c4)cc3)c3c(N)nccc23)CN1C(=O)C1(C)COC1. The van der Waals surface area contributed by atoms with Crippen molar-refractivity contribution in [3.05, 3.63) is 72.1 Å². The van der Waals surface area contributed by atoms with Crippen LogP contribution in [0.3, 0.4) is 0 Å². The third-order valence-electron chi connectivity index (χ3n) is 8.83. The van der Waals surface area contributed by atoms with Gasteiger partial charge in [-0.1, -0.05) is 6.07 Å². The Labute approximate surface area is 250 Å². The van der Waals surface area contributed by atoms with Crippen molar-refractivity contribution >= 4 is 34.2 Å². The van der Waals surface area contributed by atoms with Crippen LogP contribution in [-0.4, -0.2) is 63.4 Å². The molecule has 0 radical (unpaired) electrons. The number of carbonyl (C=O) groups is 2. The minimum absolute atomic E-state index is 0.0556. The number of carbonyl (C=O) groups excluding carboxylic acids is 2. The molecule has 0 unspecified atom stereocenters. The first-order chi connectivity index (χ1) is 20.8. The van der Waals surface area contributed by atoms with E-state index in [0.29, 0.717) is 36.8 Å². The highest BCUT2D eigenvalue weighted by molar-refractivity contribution is 6.04. The van der Waals surface area contributed by atoms with E-state index in [-0.39, 0.29) is 29.9 Å². The number of nitrogens with two attached hydrogens (primary N) is 1. The molecule has 0 bridgehead atoms. The summed E-state index contributed by atoms with van der Waals surface area (Å²) in [5.74, 6) is 1.13. The first kappa shape index (κ1) is 27.4. The van der Waals surface area contributed by atoms with E-state index in [9.17, 15) is 9.59 Å². The number of likely N-dealkylation sites (tertiary alicyclic amines) is 1. The Morgan fingerprint density at radius 1 is 1.07 bits per heavy atom. The number of nitrogens with one attached hydrogen (secondary N) is 1. The van der Waals surface area contributed by atoms with Gasteiger partial charge in [-0.2, -0.15) is 5.10 Å². The number of ether oxygens (including phenoxy) is 2. The summed E-state index contributed by atoms with van der Waals surface area (Å²) in [5.41, 5.74) is 9.54. The Hall–Kier alpha value is -4.44. The van der Waals surface area contributed by atoms with Crippen LogP contribution >= 0.6 is 0 Å². The second-order valence-electron chi connectivity index (χ2n) is 12.4. The zero-order valence-corrected chi connectivity index (χ0v) is 24.5. The van der Waals surface area contributed by atoms with Crippen molar-refractivity contribution in [2.24, 2.45) is 5.41 Å². The number of aromatic nitrogens is 3. The van der Waals surface area contributed by atoms with Crippen LogP contribution in [0.4, 0.5) is 11.5 Å². The Morgan fingerprint density at radius 2 is 1.86 bits per heavy atom. The van der Waals surface area contributed by atoms with Crippen molar-refractivity contribution in [2.75, 3.05) is 30.8 Å². The molecule has 2 atom stereocenters. The quantitative estimate of drug-likeness (QED) is 0.318. The molecule has 0 spiro atoms. The number of amides is 2. The van der Waals surface area contributed by atoms with E-state index < -0.39 is 5.41 Å². The molecule has 10 heteroatoms. The molecule has 3 aliphatic rings. The van der Waals surface area contributed by atoms with Gasteiger partial charge in [0.15, 0.2) is 0 Å². The number of benzene rings is 2. The van der Waals surface area contributed by atoms with E-state index in [1.807, 2.05) is 54.3 Å². The molecule has 4 heterocycles. The maximum absolute atomic E-state index is 13.4. The standard InChI is InChI=1S/C33H36N6O4/c1-20-6-7-22(17-38(20)32(41)33(2)18-42-19-33)28-27-14-15-35-30(34)29(27)39(37-28)24-10-8-21(9-11-24)31(40)36-23-4-3-5-26(16-23)43-25-12-13-25/h3-5,8-11,14-16,20,22,25H,6-7,12-13,17-19H2,1-2H3,(H2,34,35)(H,36,40)/t20-,22+/m0/s1. The van der Waals surface area contributed by atoms with Gasteiger partial charge in [0, 0.05) is 47.4 Å². The van der Waals surface area contributed by atoms with Crippen LogP contribution in [0.2, 0.25) is 0 Å². The molecule has 2 amide bonds. The Kier molecular flexibility index (Phi) is 6.80. The van der Waals surface area contributed by atoms with Crippen molar-refractivity contribution in [3.8, 4) is 11.4 Å². The van der Waals surface area contributed by atoms with E-state index in [4.69, 9.17) is 20.3 Å². The predicted molar refractivity (Wildman–Crippen MR) is 163 cm³/mol. The van der Waals surface area contributed by atoms with Crippen LogP contribution < -0.4 is 15.8 Å². The summed E-state index contributed by atoms with van der Waals surface area (Å²) in [6.45, 7) is 5.63. The summed E-state index contributed by atoms with van der Waals surface area (Å²) in [6.07, 6.45) is 5.94. The first-order valence-corrected chi connectivity index (χ1v) is 15.0. The number of hydrogen-bond donors (Lipinski definition) is 2. The van der Waals surface area contributed by atoms with Crippen molar-refractivity contribution in [1.82, 2.24) is 19.7 Å². The van der Waals surface area contributed by atoms with E-state index in [1.165, 1.54) is 0 Å². The molecule has 4 aromatic rings. The van der Waals surface area contributed by atoms with Crippen LogP contribution in [0.15, 0.2) is 60.8 Å². The predicted octanol–water partition coefficient (Wildman–Crippen LogP) is 4.93. The minimum atomic E-state index is -0.451. The zero-order valence-electron chi connectivity index (χ0n) is 24.5. The van der Waals surface area contributed by atoms with Gasteiger partial charge in [0.05, 0.1) is 36.1 Å². The molecule has 2 aromatic heterocycles. The molecule has 7 rings (SSSR count). The van der Waals surface area contributed by atoms with Gasteiger partial charge >= 0.3 is 0 Å². The number of hydrogen-bond acceptors (Lipinski definition) is 7. The van der Waals surface area contributed by atoms with Crippen LogP contribution in [-0.2, 0) is 9.53 Å². The second-order valence-corrected chi connectivity index (χ2v) is 12.4. The number of piperidine rings is 1. The molecule has 222 valence electrons. The fourth-order valence-corrected chi connectivity index (χ4v) is 6.07. The maximum atomic E-state index is 13.4. The van der Waals surface area contributed by atoms with Crippen molar-refractivity contribution in [3.63, 3.8) is 0 Å². The average Bonchev–Trinajstić information content (AvgIpc) is 3.72. The lowest BCUT2D eigenvalue weighted by atomic mass is 9.83. The number of fused-ring (bicyclic) bond motifs is 1. The van der Waals surface area contributed by atoms with Gasteiger partial charge in [0.2, 0.25) is 5.91 Å². The Bertz CT molecular complexity index is 1690. The molecule has 3 N–H and O–H groups in total. The van der Waals surface area contributed by atoms with Gasteiger partial charge in [-0.3, -0.25) is 9.59 Å². The Morgan fingerprint density at radius 3 is 2.58 bits per heavy atom. The van der Waals surface area contributed by atoms with Crippen LogP contribution in [0.1, 0.15) is 61.5 Å². The molecule has 3 fully saturated rings.